The molecule has 0 aromatic carbocycles. The number of alkyl halides is 5. The average molecular weight is 489 g/mol. The van der Waals surface area contributed by atoms with E-state index in [1.54, 1.807) is 11.2 Å². The summed E-state index contributed by atoms with van der Waals surface area (Å²) in [7, 11) is 0. The minimum atomic E-state index is -4.44. The second-order valence-electron chi connectivity index (χ2n) is 11.1. The number of piperidine rings is 1. The maximum atomic E-state index is 14.7. The van der Waals surface area contributed by atoms with E-state index in [2.05, 4.69) is 10.1 Å². The molecule has 12 heteroatoms. The molecule has 188 valence electrons. The molecule has 7 nitrogen and oxygen atoms in total. The first-order valence-corrected chi connectivity index (χ1v) is 12.0. The van der Waals surface area contributed by atoms with E-state index in [-0.39, 0.29) is 37.3 Å². The van der Waals surface area contributed by atoms with Crippen LogP contribution in [0.5, 0.6) is 0 Å². The maximum Gasteiger partial charge on any atom is 0.396 e. The average Bonchev–Trinajstić information content (AvgIpc) is 3.62. The van der Waals surface area contributed by atoms with Crippen molar-refractivity contribution in [2.45, 2.75) is 75.1 Å². The number of urea groups is 1. The monoisotopic (exact) mass is 489 g/mol. The molecule has 34 heavy (non-hydrogen) atoms. The van der Waals surface area contributed by atoms with E-state index in [0.717, 1.165) is 36.4 Å². The van der Waals surface area contributed by atoms with Crippen molar-refractivity contribution in [2.24, 2.45) is 10.8 Å². The molecule has 3 aliphatic carbocycles. The molecule has 2 aliphatic heterocycles. The predicted octanol–water partition coefficient (Wildman–Crippen LogP) is 3.98. The van der Waals surface area contributed by atoms with E-state index < -0.39 is 42.8 Å². The van der Waals surface area contributed by atoms with Crippen LogP contribution < -0.4 is 0 Å². The highest BCUT2D eigenvalue weighted by atomic mass is 19.4. The van der Waals surface area contributed by atoms with Gasteiger partial charge in [-0.25, -0.2) is 23.2 Å². The highest BCUT2D eigenvalue weighted by Gasteiger charge is 2.64. The van der Waals surface area contributed by atoms with Gasteiger partial charge in [-0.1, -0.05) is 0 Å². The zero-order valence-electron chi connectivity index (χ0n) is 18.7. The lowest BCUT2D eigenvalue weighted by molar-refractivity contribution is -0.227. The number of aromatic nitrogens is 3. The molecule has 1 spiro atoms. The minimum absolute atomic E-state index is 0.0200. The molecule has 0 bridgehead atoms. The minimum Gasteiger partial charge on any atom is -0.371 e. The predicted molar refractivity (Wildman–Crippen MR) is 108 cm³/mol. The van der Waals surface area contributed by atoms with Gasteiger partial charge in [0.1, 0.15) is 12.4 Å². The fraction of sp³-hybridized carbons (Fsp3) is 0.864. The standard InChI is InChI=1S/C22H28F5N5O2/c23-21(24)11-30(6-3-16(21)34-12-20(4-5-20)22(25,26)27)18(33)31-9-19(10-31)7-15(8-19)32-13-28-17(29-32)14-1-2-14/h13-16H,1-12H2. The van der Waals surface area contributed by atoms with E-state index >= 15 is 0 Å². The summed E-state index contributed by atoms with van der Waals surface area (Å²) >= 11 is 0. The first kappa shape index (κ1) is 22.5. The number of hydrogen-bond acceptors (Lipinski definition) is 4. The smallest absolute Gasteiger partial charge is 0.371 e. The third-order valence-electron chi connectivity index (χ3n) is 8.32. The largest absolute Gasteiger partial charge is 0.396 e. The summed E-state index contributed by atoms with van der Waals surface area (Å²) in [5.74, 6) is -1.98. The topological polar surface area (TPSA) is 63.5 Å². The number of hydrogen-bond donors (Lipinski definition) is 0. The molecule has 3 heterocycles. The first-order valence-electron chi connectivity index (χ1n) is 12.0. The van der Waals surface area contributed by atoms with Crippen molar-refractivity contribution in [3.05, 3.63) is 12.2 Å². The van der Waals surface area contributed by atoms with Gasteiger partial charge in [-0.05, 0) is 44.9 Å². The van der Waals surface area contributed by atoms with Crippen molar-refractivity contribution >= 4 is 6.03 Å². The van der Waals surface area contributed by atoms with Crippen molar-refractivity contribution in [2.75, 3.05) is 32.8 Å². The van der Waals surface area contributed by atoms with Crippen molar-refractivity contribution in [3.8, 4) is 0 Å². The lowest BCUT2D eigenvalue weighted by atomic mass is 9.61. The highest BCUT2D eigenvalue weighted by Crippen LogP contribution is 2.58. The highest BCUT2D eigenvalue weighted by molar-refractivity contribution is 5.76. The molecule has 5 aliphatic rings. The van der Waals surface area contributed by atoms with Gasteiger partial charge < -0.3 is 14.5 Å². The number of carbonyl (C=O) groups is 1. The van der Waals surface area contributed by atoms with Crippen LogP contribution in [0.2, 0.25) is 0 Å². The zero-order valence-corrected chi connectivity index (χ0v) is 18.7. The Morgan fingerprint density at radius 1 is 1.09 bits per heavy atom. The van der Waals surface area contributed by atoms with Gasteiger partial charge in [0.25, 0.3) is 5.92 Å². The molecule has 1 aromatic heterocycles. The number of likely N-dealkylation sites (tertiary alicyclic amines) is 2. The number of halogens is 5. The van der Waals surface area contributed by atoms with Crippen LogP contribution in [-0.2, 0) is 4.74 Å². The summed E-state index contributed by atoms with van der Waals surface area (Å²) in [6.45, 7) is -0.461. The molecular formula is C22H28F5N5O2. The van der Waals surface area contributed by atoms with Gasteiger partial charge >= 0.3 is 12.2 Å². The Morgan fingerprint density at radius 2 is 1.79 bits per heavy atom. The lowest BCUT2D eigenvalue weighted by Crippen LogP contribution is -2.67. The molecule has 5 fully saturated rings. The number of nitrogens with zero attached hydrogens (tertiary/aromatic N) is 5. The van der Waals surface area contributed by atoms with Gasteiger partial charge in [-0.2, -0.15) is 18.3 Å². The summed E-state index contributed by atoms with van der Waals surface area (Å²) in [5.41, 5.74) is -1.96. The van der Waals surface area contributed by atoms with Crippen LogP contribution in [0.15, 0.2) is 6.33 Å². The normalized spacial score (nSPS) is 29.6. The van der Waals surface area contributed by atoms with Crippen molar-refractivity contribution in [3.63, 3.8) is 0 Å². The van der Waals surface area contributed by atoms with Gasteiger partial charge in [0, 0.05) is 31.0 Å². The van der Waals surface area contributed by atoms with Crippen LogP contribution >= 0.6 is 0 Å². The summed E-state index contributed by atoms with van der Waals surface area (Å²) < 4.78 is 75.5. The second-order valence-corrected chi connectivity index (χ2v) is 11.1. The molecule has 2 amide bonds. The lowest BCUT2D eigenvalue weighted by Gasteiger charge is -2.59. The van der Waals surface area contributed by atoms with E-state index in [1.807, 2.05) is 4.68 Å². The van der Waals surface area contributed by atoms with Crippen LogP contribution in [-0.4, -0.2) is 81.6 Å². The zero-order chi connectivity index (χ0) is 23.9. The Kier molecular flexibility index (Phi) is 4.81. The molecule has 2 saturated heterocycles. The quantitative estimate of drug-likeness (QED) is 0.587. The fourth-order valence-corrected chi connectivity index (χ4v) is 5.69. The number of carbonyl (C=O) groups excluding carboxylic acids is 1. The molecule has 0 N–H and O–H groups in total. The third-order valence-corrected chi connectivity index (χ3v) is 8.32. The third kappa shape index (κ3) is 3.76. The maximum absolute atomic E-state index is 14.7. The van der Waals surface area contributed by atoms with Gasteiger partial charge in [0.15, 0.2) is 5.82 Å². The van der Waals surface area contributed by atoms with Crippen molar-refractivity contribution in [1.82, 2.24) is 24.6 Å². The van der Waals surface area contributed by atoms with Crippen LogP contribution in [0.1, 0.15) is 62.7 Å². The Bertz CT molecular complexity index is 959. The fourth-order valence-electron chi connectivity index (χ4n) is 5.69. The SMILES string of the molecule is O=C(N1CC2(CC(n3cnc(C4CC4)n3)C2)C1)N1CCC(OCC2(C(F)(F)F)CC2)C(F)(F)C1. The molecule has 0 radical (unpaired) electrons. The van der Waals surface area contributed by atoms with Crippen LogP contribution in [0.4, 0.5) is 26.7 Å². The molecule has 6 rings (SSSR count). The summed E-state index contributed by atoms with van der Waals surface area (Å²) in [6, 6.07) is -0.168. The van der Waals surface area contributed by atoms with E-state index in [0.29, 0.717) is 19.0 Å². The number of rotatable bonds is 5. The first-order chi connectivity index (χ1) is 16.0. The number of ether oxygens (including phenoxy) is 1. The Labute approximate surface area is 193 Å². The molecule has 1 aromatic rings. The van der Waals surface area contributed by atoms with Crippen LogP contribution in [0.3, 0.4) is 0 Å². The van der Waals surface area contributed by atoms with Gasteiger partial charge in [-0.3, -0.25) is 0 Å². The Balaban J connectivity index is 0.976. The molecule has 1 atom stereocenters. The molecule has 1 unspecified atom stereocenters. The van der Waals surface area contributed by atoms with Crippen LogP contribution in [0.25, 0.3) is 0 Å². The summed E-state index contributed by atoms with van der Waals surface area (Å²) in [4.78, 5) is 19.9. The Hall–Kier alpha value is -1.98. The van der Waals surface area contributed by atoms with E-state index in [1.165, 1.54) is 0 Å². The van der Waals surface area contributed by atoms with Crippen molar-refractivity contribution < 1.29 is 31.5 Å². The van der Waals surface area contributed by atoms with Crippen molar-refractivity contribution in [1.29, 1.82) is 0 Å². The second kappa shape index (κ2) is 7.27. The number of amides is 2. The van der Waals surface area contributed by atoms with Gasteiger partial charge in [0.2, 0.25) is 0 Å². The summed E-state index contributed by atoms with van der Waals surface area (Å²) in [5, 5.41) is 4.58. The molecular weight excluding hydrogens is 461 g/mol. The molecule has 3 saturated carbocycles. The Morgan fingerprint density at radius 3 is 2.38 bits per heavy atom. The van der Waals surface area contributed by atoms with Gasteiger partial charge in [-0.15, -0.1) is 0 Å². The van der Waals surface area contributed by atoms with E-state index in [9.17, 15) is 26.7 Å². The van der Waals surface area contributed by atoms with Gasteiger partial charge in [0.05, 0.1) is 24.6 Å². The summed E-state index contributed by atoms with van der Waals surface area (Å²) in [6.07, 6.45) is -0.557. The van der Waals surface area contributed by atoms with Crippen LogP contribution in [0, 0.1) is 10.8 Å². The van der Waals surface area contributed by atoms with E-state index in [4.69, 9.17) is 4.74 Å².